The van der Waals surface area contributed by atoms with E-state index in [1.54, 1.807) is 13.1 Å². The normalized spacial score (nSPS) is 11.6. The number of hydrogen-bond acceptors (Lipinski definition) is 7. The summed E-state index contributed by atoms with van der Waals surface area (Å²) in [5.74, 6) is -0.380. The first-order valence-corrected chi connectivity index (χ1v) is 12.7. The maximum atomic E-state index is 13.0. The third kappa shape index (κ3) is 4.60. The first kappa shape index (κ1) is 22.2. The van der Waals surface area contributed by atoms with Crippen molar-refractivity contribution >= 4 is 54.9 Å². The van der Waals surface area contributed by atoms with Gasteiger partial charge in [-0.05, 0) is 23.8 Å². The standard InChI is InChI=1S/C21H18N4O4S3/c1-25-20(27)18-16(13-6-3-2-4-7-13)11-30-19(18)24-21(25)31-12-17(26)23-14-8-5-9-15(10-14)32(22,28)29/h2-11H,12H2,1H3,(H,23,26)(H2,22,28,29). The molecule has 2 heterocycles. The molecule has 0 saturated carbocycles. The van der Waals surface area contributed by atoms with E-state index in [-0.39, 0.29) is 22.1 Å². The van der Waals surface area contributed by atoms with Crippen molar-refractivity contribution in [1.82, 2.24) is 9.55 Å². The van der Waals surface area contributed by atoms with Gasteiger partial charge in [-0.25, -0.2) is 18.5 Å². The molecule has 2 aromatic heterocycles. The summed E-state index contributed by atoms with van der Waals surface area (Å²) in [6.45, 7) is 0. The summed E-state index contributed by atoms with van der Waals surface area (Å²) in [4.78, 5) is 30.5. The van der Waals surface area contributed by atoms with Gasteiger partial charge < -0.3 is 5.32 Å². The predicted octanol–water partition coefficient (Wildman–Crippen LogP) is 3.04. The number of anilines is 1. The molecule has 4 aromatic rings. The van der Waals surface area contributed by atoms with Crippen LogP contribution in [0.3, 0.4) is 0 Å². The molecule has 3 N–H and O–H groups in total. The van der Waals surface area contributed by atoms with Crippen molar-refractivity contribution in [2.24, 2.45) is 12.2 Å². The minimum absolute atomic E-state index is 0.0116. The van der Waals surface area contributed by atoms with Crippen LogP contribution in [0, 0.1) is 0 Å². The third-order valence-corrected chi connectivity index (χ3v) is 7.45. The first-order valence-electron chi connectivity index (χ1n) is 9.33. The summed E-state index contributed by atoms with van der Waals surface area (Å²) in [5.41, 5.74) is 1.91. The number of thiophene rings is 1. The molecule has 164 valence electrons. The van der Waals surface area contributed by atoms with Crippen LogP contribution >= 0.6 is 23.1 Å². The van der Waals surface area contributed by atoms with E-state index in [1.807, 2.05) is 35.7 Å². The zero-order chi connectivity index (χ0) is 22.9. The highest BCUT2D eigenvalue weighted by atomic mass is 32.2. The monoisotopic (exact) mass is 486 g/mol. The van der Waals surface area contributed by atoms with Gasteiger partial charge in [-0.2, -0.15) is 0 Å². The van der Waals surface area contributed by atoms with Crippen molar-refractivity contribution in [3.8, 4) is 11.1 Å². The second-order valence-corrected chi connectivity index (χ2v) is 10.2. The lowest BCUT2D eigenvalue weighted by Gasteiger charge is -2.09. The van der Waals surface area contributed by atoms with Crippen LogP contribution < -0.4 is 16.0 Å². The molecule has 0 bridgehead atoms. The number of hydrogen-bond donors (Lipinski definition) is 2. The minimum Gasteiger partial charge on any atom is -0.325 e. The van der Waals surface area contributed by atoms with Crippen molar-refractivity contribution in [2.75, 3.05) is 11.1 Å². The number of aromatic nitrogens is 2. The van der Waals surface area contributed by atoms with E-state index < -0.39 is 10.0 Å². The van der Waals surface area contributed by atoms with Crippen molar-refractivity contribution in [3.63, 3.8) is 0 Å². The first-order chi connectivity index (χ1) is 15.2. The van der Waals surface area contributed by atoms with Crippen LogP contribution in [0.15, 0.2) is 74.8 Å². The van der Waals surface area contributed by atoms with Gasteiger partial charge in [0.1, 0.15) is 4.83 Å². The Kier molecular flexibility index (Phi) is 6.15. The summed E-state index contributed by atoms with van der Waals surface area (Å²) < 4.78 is 24.4. The highest BCUT2D eigenvalue weighted by Gasteiger charge is 2.17. The van der Waals surface area contributed by atoms with Crippen molar-refractivity contribution in [1.29, 1.82) is 0 Å². The molecule has 4 rings (SSSR count). The van der Waals surface area contributed by atoms with E-state index in [1.165, 1.54) is 34.1 Å². The fraction of sp³-hybridized carbons (Fsp3) is 0.0952. The minimum atomic E-state index is -3.87. The van der Waals surface area contributed by atoms with Gasteiger partial charge in [0.15, 0.2) is 5.16 Å². The number of amides is 1. The Bertz CT molecular complexity index is 1480. The predicted molar refractivity (Wildman–Crippen MR) is 127 cm³/mol. The summed E-state index contributed by atoms with van der Waals surface area (Å²) >= 11 is 2.50. The lowest BCUT2D eigenvalue weighted by atomic mass is 10.1. The van der Waals surface area contributed by atoms with Crippen LogP contribution in [0.25, 0.3) is 21.3 Å². The number of nitrogens with one attached hydrogen (secondary N) is 1. The van der Waals surface area contributed by atoms with Gasteiger partial charge in [0.05, 0.1) is 16.0 Å². The second kappa shape index (κ2) is 8.87. The molecule has 0 atom stereocenters. The number of fused-ring (bicyclic) bond motifs is 1. The molecule has 0 spiro atoms. The van der Waals surface area contributed by atoms with Gasteiger partial charge in [0, 0.05) is 23.7 Å². The highest BCUT2D eigenvalue weighted by Crippen LogP contribution is 2.31. The van der Waals surface area contributed by atoms with Crippen LogP contribution in [0.4, 0.5) is 5.69 Å². The molecule has 1 amide bonds. The summed E-state index contributed by atoms with van der Waals surface area (Å²) in [5, 5.41) is 10.6. The van der Waals surface area contributed by atoms with Gasteiger partial charge in [-0.15, -0.1) is 11.3 Å². The lowest BCUT2D eigenvalue weighted by molar-refractivity contribution is -0.113. The smallest absolute Gasteiger partial charge is 0.263 e. The van der Waals surface area contributed by atoms with E-state index >= 15 is 0 Å². The largest absolute Gasteiger partial charge is 0.325 e. The number of benzene rings is 2. The molecule has 0 radical (unpaired) electrons. The Morgan fingerprint density at radius 2 is 1.94 bits per heavy atom. The molecule has 0 saturated heterocycles. The number of thioether (sulfide) groups is 1. The van der Waals surface area contributed by atoms with Crippen LogP contribution in [0.2, 0.25) is 0 Å². The molecule has 0 fully saturated rings. The van der Waals surface area contributed by atoms with Crippen LogP contribution in [-0.4, -0.2) is 29.6 Å². The lowest BCUT2D eigenvalue weighted by Crippen LogP contribution is -2.21. The number of carbonyl (C=O) groups is 1. The van der Waals surface area contributed by atoms with Gasteiger partial charge in [-0.1, -0.05) is 48.2 Å². The van der Waals surface area contributed by atoms with E-state index in [0.29, 0.717) is 21.1 Å². The molecule has 0 aliphatic rings. The molecule has 0 unspecified atom stereocenters. The third-order valence-electron chi connectivity index (χ3n) is 4.64. The second-order valence-electron chi connectivity index (χ2n) is 6.86. The van der Waals surface area contributed by atoms with Crippen molar-refractivity contribution in [2.45, 2.75) is 10.1 Å². The molecule has 2 aromatic carbocycles. The quantitative estimate of drug-likeness (QED) is 0.319. The van der Waals surface area contributed by atoms with Crippen LogP contribution in [0.1, 0.15) is 0 Å². The molecule has 32 heavy (non-hydrogen) atoms. The number of nitrogens with zero attached hydrogens (tertiary/aromatic N) is 2. The average molecular weight is 487 g/mol. The zero-order valence-corrected chi connectivity index (χ0v) is 19.3. The molecule has 11 heteroatoms. The van der Waals surface area contributed by atoms with Crippen molar-refractivity contribution < 1.29 is 13.2 Å². The Morgan fingerprint density at radius 1 is 1.19 bits per heavy atom. The van der Waals surface area contributed by atoms with Gasteiger partial charge >= 0.3 is 0 Å². The maximum absolute atomic E-state index is 13.0. The Morgan fingerprint density at radius 3 is 2.66 bits per heavy atom. The van der Waals surface area contributed by atoms with Gasteiger partial charge in [0.2, 0.25) is 15.9 Å². The maximum Gasteiger partial charge on any atom is 0.263 e. The SMILES string of the molecule is Cn1c(SCC(=O)Nc2cccc(S(N)(=O)=O)c2)nc2scc(-c3ccccc3)c2c1=O. The van der Waals surface area contributed by atoms with Gasteiger partial charge in [-0.3, -0.25) is 14.2 Å². The topological polar surface area (TPSA) is 124 Å². The average Bonchev–Trinajstić information content (AvgIpc) is 3.19. The fourth-order valence-corrected chi connectivity index (χ4v) is 5.41. The number of nitrogens with two attached hydrogens (primary N) is 1. The van der Waals surface area contributed by atoms with E-state index in [9.17, 15) is 18.0 Å². The molecule has 8 nitrogen and oxygen atoms in total. The zero-order valence-electron chi connectivity index (χ0n) is 16.8. The van der Waals surface area contributed by atoms with Gasteiger partial charge in [0.25, 0.3) is 5.56 Å². The van der Waals surface area contributed by atoms with Crippen LogP contribution in [-0.2, 0) is 21.9 Å². The van der Waals surface area contributed by atoms with E-state index in [4.69, 9.17) is 5.14 Å². The Labute approximate surface area is 192 Å². The molecular formula is C21H18N4O4S3. The molecule has 0 aliphatic heterocycles. The van der Waals surface area contributed by atoms with E-state index in [0.717, 1.165) is 22.9 Å². The highest BCUT2D eigenvalue weighted by molar-refractivity contribution is 7.99. The number of carbonyl (C=O) groups excluding carboxylic acids is 1. The molecular weight excluding hydrogens is 468 g/mol. The van der Waals surface area contributed by atoms with Crippen LogP contribution in [0.5, 0.6) is 0 Å². The Balaban J connectivity index is 1.53. The summed E-state index contributed by atoms with van der Waals surface area (Å²) in [7, 11) is -2.25. The number of rotatable bonds is 6. The number of primary sulfonamides is 1. The van der Waals surface area contributed by atoms with E-state index in [2.05, 4.69) is 10.3 Å². The molecule has 0 aliphatic carbocycles. The Hall–Kier alpha value is -2.99. The number of sulfonamides is 1. The van der Waals surface area contributed by atoms with Crippen molar-refractivity contribution in [3.05, 3.63) is 70.3 Å². The summed E-state index contributed by atoms with van der Waals surface area (Å²) in [6, 6.07) is 15.3. The fourth-order valence-electron chi connectivity index (χ4n) is 3.09. The summed E-state index contributed by atoms with van der Waals surface area (Å²) in [6.07, 6.45) is 0.